The summed E-state index contributed by atoms with van der Waals surface area (Å²) in [5.74, 6) is 0. The van der Waals surface area contributed by atoms with Crippen molar-refractivity contribution in [3.63, 3.8) is 0 Å². The summed E-state index contributed by atoms with van der Waals surface area (Å²) in [4.78, 5) is 0. The van der Waals surface area contributed by atoms with Crippen molar-refractivity contribution in [1.82, 2.24) is 0 Å². The smallest absolute Gasteiger partial charge is 0.0884 e. The molecule has 1 saturated carbocycles. The highest BCUT2D eigenvalue weighted by Crippen LogP contribution is 2.41. The monoisotopic (exact) mass is 116 g/mol. The molecule has 1 rings (SSSR count). The van der Waals surface area contributed by atoms with Crippen molar-refractivity contribution in [3.05, 3.63) is 11.9 Å². The molecule has 0 saturated heterocycles. The number of aliphatic hydroxyl groups is 1. The molecule has 0 spiro atoms. The van der Waals surface area contributed by atoms with Crippen LogP contribution in [0.4, 0.5) is 4.39 Å². The van der Waals surface area contributed by atoms with Gasteiger partial charge in [-0.25, -0.2) is 4.39 Å². The molecule has 0 amide bonds. The van der Waals surface area contributed by atoms with Crippen LogP contribution in [0, 0.1) is 0 Å². The van der Waals surface area contributed by atoms with Crippen molar-refractivity contribution < 1.29 is 9.50 Å². The summed E-state index contributed by atoms with van der Waals surface area (Å²) in [6.07, 6.45) is 1.92. The molecule has 1 N–H and O–H groups in total. The molecule has 1 aliphatic rings. The first-order chi connectivity index (χ1) is 3.69. The third-order valence-electron chi connectivity index (χ3n) is 1.62. The highest BCUT2D eigenvalue weighted by Gasteiger charge is 2.41. The van der Waals surface area contributed by atoms with E-state index < -0.39 is 5.60 Å². The van der Waals surface area contributed by atoms with E-state index in [1.54, 1.807) is 6.92 Å². The van der Waals surface area contributed by atoms with Gasteiger partial charge in [0.05, 0.1) is 11.9 Å². The van der Waals surface area contributed by atoms with Gasteiger partial charge in [0.2, 0.25) is 0 Å². The van der Waals surface area contributed by atoms with E-state index in [0.717, 1.165) is 12.8 Å². The summed E-state index contributed by atoms with van der Waals surface area (Å²) in [5.41, 5.74) is -0.299. The predicted octanol–water partition coefficient (Wildman–Crippen LogP) is 1.38. The van der Waals surface area contributed by atoms with Gasteiger partial charge in [0, 0.05) is 0 Å². The largest absolute Gasteiger partial charge is 0.385 e. The number of hydrogen-bond donors (Lipinski definition) is 1. The van der Waals surface area contributed by atoms with Crippen LogP contribution >= 0.6 is 0 Å². The fourth-order valence-corrected chi connectivity index (χ4v) is 0.614. The van der Waals surface area contributed by atoms with E-state index in [0.29, 0.717) is 11.9 Å². The minimum absolute atomic E-state index is 0.456. The lowest BCUT2D eigenvalue weighted by Crippen LogP contribution is -2.06. The highest BCUT2D eigenvalue weighted by atomic mass is 19.1. The fourth-order valence-electron chi connectivity index (χ4n) is 0.614. The average molecular weight is 116 g/mol. The van der Waals surface area contributed by atoms with E-state index in [1.807, 2.05) is 0 Å². The van der Waals surface area contributed by atoms with Gasteiger partial charge in [-0.3, -0.25) is 0 Å². The van der Waals surface area contributed by atoms with Crippen LogP contribution in [0.25, 0.3) is 0 Å². The third-order valence-corrected chi connectivity index (χ3v) is 1.62. The zero-order valence-corrected chi connectivity index (χ0v) is 4.82. The topological polar surface area (TPSA) is 20.2 Å². The Morgan fingerprint density at radius 2 is 2.25 bits per heavy atom. The Kier molecular flexibility index (Phi) is 1.12. The van der Waals surface area contributed by atoms with Crippen LogP contribution in [0.3, 0.4) is 0 Å². The Morgan fingerprint density at radius 1 is 1.75 bits per heavy atom. The third kappa shape index (κ3) is 0.757. The molecular weight excluding hydrogens is 107 g/mol. The first-order valence-corrected chi connectivity index (χ1v) is 2.69. The van der Waals surface area contributed by atoms with E-state index in [4.69, 9.17) is 5.11 Å². The van der Waals surface area contributed by atoms with Gasteiger partial charge in [0.25, 0.3) is 0 Å². The van der Waals surface area contributed by atoms with Gasteiger partial charge in [0.15, 0.2) is 0 Å². The molecule has 0 aromatic heterocycles. The maximum Gasteiger partial charge on any atom is 0.0884 e. The molecule has 0 unspecified atom stereocenters. The van der Waals surface area contributed by atoms with Crippen LogP contribution in [0.2, 0.25) is 0 Å². The van der Waals surface area contributed by atoms with Gasteiger partial charge >= 0.3 is 0 Å². The Morgan fingerprint density at radius 3 is 2.38 bits per heavy atom. The van der Waals surface area contributed by atoms with Crippen LogP contribution in [0.5, 0.6) is 0 Å². The molecule has 0 aliphatic heterocycles. The van der Waals surface area contributed by atoms with Gasteiger partial charge < -0.3 is 5.11 Å². The summed E-state index contributed by atoms with van der Waals surface area (Å²) >= 11 is 0. The van der Waals surface area contributed by atoms with Gasteiger partial charge in [0.1, 0.15) is 0 Å². The summed E-state index contributed by atoms with van der Waals surface area (Å²) in [7, 11) is 0. The molecule has 1 aliphatic carbocycles. The number of rotatable bonds is 1. The van der Waals surface area contributed by atoms with Gasteiger partial charge in [-0.2, -0.15) is 0 Å². The van der Waals surface area contributed by atoms with Crippen molar-refractivity contribution in [3.8, 4) is 0 Å². The Balaban J connectivity index is 2.59. The molecule has 1 fully saturated rings. The fraction of sp³-hybridized carbons (Fsp3) is 0.667. The first-order valence-electron chi connectivity index (χ1n) is 2.69. The number of halogens is 1. The summed E-state index contributed by atoms with van der Waals surface area (Å²) < 4.78 is 11.6. The molecule has 1 nitrogen and oxygen atoms in total. The van der Waals surface area contributed by atoms with Crippen LogP contribution in [0.15, 0.2) is 11.9 Å². The van der Waals surface area contributed by atoms with E-state index in [2.05, 4.69) is 0 Å². The molecule has 0 aromatic carbocycles. The van der Waals surface area contributed by atoms with Crippen LogP contribution < -0.4 is 0 Å². The van der Waals surface area contributed by atoms with Gasteiger partial charge in [-0.15, -0.1) is 0 Å². The normalized spacial score (nSPS) is 25.6. The first kappa shape index (κ1) is 5.76. The predicted molar refractivity (Wildman–Crippen MR) is 29.0 cm³/mol. The quantitative estimate of drug-likeness (QED) is 0.548. The Bertz CT molecular complexity index is 124. The molecule has 0 heterocycles. The van der Waals surface area contributed by atoms with Gasteiger partial charge in [-0.05, 0) is 25.3 Å². The van der Waals surface area contributed by atoms with Crippen molar-refractivity contribution in [1.29, 1.82) is 0 Å². The summed E-state index contributed by atoms with van der Waals surface area (Å²) in [6.45, 7) is 1.60. The van der Waals surface area contributed by atoms with Crippen LogP contribution in [-0.4, -0.2) is 10.7 Å². The van der Waals surface area contributed by atoms with Gasteiger partial charge in [-0.1, -0.05) is 0 Å². The molecule has 0 aromatic rings. The van der Waals surface area contributed by atoms with E-state index in [9.17, 15) is 4.39 Å². The maximum atomic E-state index is 11.6. The zero-order valence-electron chi connectivity index (χ0n) is 4.82. The molecule has 0 bridgehead atoms. The average Bonchev–Trinajstić information content (AvgIpc) is 2.47. The van der Waals surface area contributed by atoms with Crippen LogP contribution in [0.1, 0.15) is 19.8 Å². The minimum atomic E-state index is -0.755. The summed E-state index contributed by atoms with van der Waals surface area (Å²) in [5, 5.41) is 9.09. The minimum Gasteiger partial charge on any atom is -0.385 e. The van der Waals surface area contributed by atoms with Crippen molar-refractivity contribution >= 4 is 0 Å². The molecule has 0 radical (unpaired) electrons. The standard InChI is InChI=1S/C6H9FO/c1-5(4-7)6(8)2-3-6/h4,8H,2-3H2,1H3/b5-4-. The lowest BCUT2D eigenvalue weighted by Gasteiger charge is -2.03. The SMILES string of the molecule is C/C(=C/F)C1(O)CC1. The zero-order chi connectivity index (χ0) is 6.20. The highest BCUT2D eigenvalue weighted by molar-refractivity contribution is 5.19. The molecule has 0 atom stereocenters. The van der Waals surface area contributed by atoms with E-state index in [-0.39, 0.29) is 0 Å². The molecular formula is C6H9FO. The Labute approximate surface area is 47.8 Å². The van der Waals surface area contributed by atoms with E-state index in [1.165, 1.54) is 0 Å². The molecule has 2 heteroatoms. The maximum absolute atomic E-state index is 11.6. The van der Waals surface area contributed by atoms with Crippen molar-refractivity contribution in [2.45, 2.75) is 25.4 Å². The van der Waals surface area contributed by atoms with Crippen molar-refractivity contribution in [2.75, 3.05) is 0 Å². The van der Waals surface area contributed by atoms with Crippen molar-refractivity contribution in [2.24, 2.45) is 0 Å². The second-order valence-corrected chi connectivity index (χ2v) is 2.32. The second-order valence-electron chi connectivity index (χ2n) is 2.32. The lowest BCUT2D eigenvalue weighted by atomic mass is 10.2. The lowest BCUT2D eigenvalue weighted by molar-refractivity contribution is 0.187. The second kappa shape index (κ2) is 1.55. The number of hydrogen-bond acceptors (Lipinski definition) is 1. The van der Waals surface area contributed by atoms with E-state index >= 15 is 0 Å². The Hall–Kier alpha value is -0.370. The molecule has 46 valence electrons. The molecule has 8 heavy (non-hydrogen) atoms. The summed E-state index contributed by atoms with van der Waals surface area (Å²) in [6, 6.07) is 0. The van der Waals surface area contributed by atoms with Crippen LogP contribution in [-0.2, 0) is 0 Å².